The lowest BCUT2D eigenvalue weighted by molar-refractivity contribution is 0.366. The third kappa shape index (κ3) is 0.700. The molecule has 10 heavy (non-hydrogen) atoms. The van der Waals surface area contributed by atoms with Gasteiger partial charge in [-0.2, -0.15) is 10.5 Å². The van der Waals surface area contributed by atoms with Crippen LogP contribution >= 0.6 is 23.2 Å². The first kappa shape index (κ1) is 7.66. The largest absolute Gasteiger partial charge is 0.196 e. The number of nitrogens with zero attached hydrogens (tertiary/aromatic N) is 2. The van der Waals surface area contributed by atoms with E-state index in [0.29, 0.717) is 12.8 Å². The van der Waals surface area contributed by atoms with Crippen molar-refractivity contribution in [3.63, 3.8) is 0 Å². The smallest absolute Gasteiger partial charge is 0.163 e. The van der Waals surface area contributed by atoms with Crippen molar-refractivity contribution in [2.24, 2.45) is 0 Å². The third-order valence-corrected chi connectivity index (χ3v) is 3.09. The van der Waals surface area contributed by atoms with Gasteiger partial charge in [0.05, 0.1) is 12.1 Å². The summed E-state index contributed by atoms with van der Waals surface area (Å²) < 4.78 is 0. The van der Waals surface area contributed by atoms with E-state index in [2.05, 4.69) is 0 Å². The van der Waals surface area contributed by atoms with Crippen molar-refractivity contribution in [2.45, 2.75) is 22.6 Å². The highest BCUT2D eigenvalue weighted by Gasteiger charge is 2.59. The van der Waals surface area contributed by atoms with Gasteiger partial charge in [-0.3, -0.25) is 0 Å². The topological polar surface area (TPSA) is 47.6 Å². The van der Waals surface area contributed by atoms with Crippen molar-refractivity contribution in [3.05, 3.63) is 0 Å². The molecule has 0 bridgehead atoms. The van der Waals surface area contributed by atoms with E-state index in [-0.39, 0.29) is 0 Å². The van der Waals surface area contributed by atoms with E-state index in [1.807, 2.05) is 12.1 Å². The van der Waals surface area contributed by atoms with Gasteiger partial charge in [-0.15, -0.1) is 0 Å². The van der Waals surface area contributed by atoms with Gasteiger partial charge in [-0.25, -0.2) is 0 Å². The Labute approximate surface area is 68.9 Å². The van der Waals surface area contributed by atoms with E-state index in [9.17, 15) is 0 Å². The maximum absolute atomic E-state index is 8.49. The minimum absolute atomic E-state index is 0.502. The predicted octanol–water partition coefficient (Wildman–Crippen LogP) is 1.78. The van der Waals surface area contributed by atoms with E-state index in [0.717, 1.165) is 0 Å². The molecule has 2 nitrogen and oxygen atoms in total. The molecular weight excluding hydrogens is 171 g/mol. The van der Waals surface area contributed by atoms with Gasteiger partial charge in [0.2, 0.25) is 0 Å². The Morgan fingerprint density at radius 2 is 1.30 bits per heavy atom. The molecule has 0 radical (unpaired) electrons. The summed E-state index contributed by atoms with van der Waals surface area (Å²) in [6, 6.07) is 3.66. The van der Waals surface area contributed by atoms with Gasteiger partial charge in [0, 0.05) is 0 Å². The SMILES string of the molecule is N#C[C@]1(Cl)CC[C@@]1(Cl)C#N. The summed E-state index contributed by atoms with van der Waals surface area (Å²) in [4.78, 5) is -2.30. The van der Waals surface area contributed by atoms with E-state index in [1.165, 1.54) is 0 Å². The predicted molar refractivity (Wildman–Crippen MR) is 37.6 cm³/mol. The summed E-state index contributed by atoms with van der Waals surface area (Å²) in [7, 11) is 0. The highest BCUT2D eigenvalue weighted by atomic mass is 35.5. The van der Waals surface area contributed by atoms with Crippen LogP contribution in [-0.4, -0.2) is 9.75 Å². The van der Waals surface area contributed by atoms with Crippen LogP contribution in [-0.2, 0) is 0 Å². The van der Waals surface area contributed by atoms with E-state index in [1.54, 1.807) is 0 Å². The lowest BCUT2D eigenvalue weighted by atomic mass is 9.74. The molecule has 0 aromatic carbocycles. The first-order chi connectivity index (χ1) is 4.58. The highest BCUT2D eigenvalue weighted by Crippen LogP contribution is 2.51. The second-order valence-corrected chi connectivity index (χ2v) is 3.62. The number of hydrogen-bond donors (Lipinski definition) is 0. The van der Waals surface area contributed by atoms with Crippen LogP contribution in [0.25, 0.3) is 0 Å². The molecule has 1 aliphatic carbocycles. The lowest BCUT2D eigenvalue weighted by Gasteiger charge is -2.41. The van der Waals surface area contributed by atoms with Crippen LogP contribution in [0.5, 0.6) is 0 Å². The average molecular weight is 175 g/mol. The molecule has 0 N–H and O–H groups in total. The fourth-order valence-electron chi connectivity index (χ4n) is 0.853. The standard InChI is InChI=1S/C6H4Cl2N2/c7-5(3-9)1-2-6(5,8)4-10/h1-2H2/t5-,6-/m1/s1. The molecule has 0 heterocycles. The minimum Gasteiger partial charge on any atom is -0.196 e. The number of rotatable bonds is 0. The van der Waals surface area contributed by atoms with E-state index >= 15 is 0 Å². The summed E-state index contributed by atoms with van der Waals surface area (Å²) in [6.07, 6.45) is 1.00. The van der Waals surface area contributed by atoms with Crippen molar-refractivity contribution >= 4 is 23.2 Å². The van der Waals surface area contributed by atoms with Gasteiger partial charge in [0.1, 0.15) is 0 Å². The van der Waals surface area contributed by atoms with E-state index < -0.39 is 9.75 Å². The Balaban J connectivity index is 2.90. The van der Waals surface area contributed by atoms with Crippen LogP contribution in [0.3, 0.4) is 0 Å². The summed E-state index contributed by atoms with van der Waals surface area (Å²) in [6.45, 7) is 0. The van der Waals surface area contributed by atoms with Crippen LogP contribution in [0.1, 0.15) is 12.8 Å². The molecule has 4 heteroatoms. The molecule has 2 atom stereocenters. The normalized spacial score (nSPS) is 44.8. The maximum atomic E-state index is 8.49. The summed E-state index contributed by atoms with van der Waals surface area (Å²) in [5, 5.41) is 17.0. The molecule has 1 saturated carbocycles. The van der Waals surface area contributed by atoms with Gasteiger partial charge in [-0.1, -0.05) is 23.2 Å². The van der Waals surface area contributed by atoms with Crippen LogP contribution in [0.15, 0.2) is 0 Å². The first-order valence-electron chi connectivity index (χ1n) is 2.78. The first-order valence-corrected chi connectivity index (χ1v) is 3.54. The molecule has 0 spiro atoms. The van der Waals surface area contributed by atoms with Gasteiger partial charge < -0.3 is 0 Å². The number of nitriles is 2. The molecule has 1 rings (SSSR count). The molecule has 0 aromatic heterocycles. The molecule has 52 valence electrons. The number of hydrogen-bond acceptors (Lipinski definition) is 2. The fraction of sp³-hybridized carbons (Fsp3) is 0.667. The molecule has 1 aliphatic rings. The van der Waals surface area contributed by atoms with Gasteiger partial charge in [0.15, 0.2) is 9.75 Å². The molecule has 0 aromatic rings. The zero-order valence-corrected chi connectivity index (χ0v) is 6.58. The monoisotopic (exact) mass is 174 g/mol. The number of halogens is 2. The lowest BCUT2D eigenvalue weighted by Crippen LogP contribution is -2.53. The maximum Gasteiger partial charge on any atom is 0.163 e. The summed E-state index contributed by atoms with van der Waals surface area (Å²) in [5.74, 6) is 0. The van der Waals surface area contributed by atoms with Crippen LogP contribution in [0.4, 0.5) is 0 Å². The van der Waals surface area contributed by atoms with Crippen molar-refractivity contribution in [2.75, 3.05) is 0 Å². The number of alkyl halides is 2. The molecule has 0 aliphatic heterocycles. The minimum atomic E-state index is -1.15. The highest BCUT2D eigenvalue weighted by molar-refractivity contribution is 6.39. The molecular formula is C6H4Cl2N2. The third-order valence-electron chi connectivity index (χ3n) is 1.80. The fourth-order valence-corrected chi connectivity index (χ4v) is 1.32. The van der Waals surface area contributed by atoms with Crippen molar-refractivity contribution in [1.29, 1.82) is 10.5 Å². The van der Waals surface area contributed by atoms with Crippen LogP contribution in [0.2, 0.25) is 0 Å². The van der Waals surface area contributed by atoms with E-state index in [4.69, 9.17) is 33.7 Å². The molecule has 1 fully saturated rings. The van der Waals surface area contributed by atoms with Crippen molar-refractivity contribution < 1.29 is 0 Å². The van der Waals surface area contributed by atoms with Crippen LogP contribution in [0, 0.1) is 22.7 Å². The zero-order chi connectivity index (χ0) is 7.83. The van der Waals surface area contributed by atoms with Crippen LogP contribution < -0.4 is 0 Å². The molecule has 0 amide bonds. The average Bonchev–Trinajstić information content (AvgIpc) is 1.99. The van der Waals surface area contributed by atoms with Gasteiger partial charge >= 0.3 is 0 Å². The summed E-state index contributed by atoms with van der Waals surface area (Å²) in [5.41, 5.74) is 0. The second kappa shape index (κ2) is 2.02. The van der Waals surface area contributed by atoms with Gasteiger partial charge in [0.25, 0.3) is 0 Å². The Morgan fingerprint density at radius 1 is 1.00 bits per heavy atom. The summed E-state index contributed by atoms with van der Waals surface area (Å²) >= 11 is 11.4. The Hall–Kier alpha value is -0.440. The van der Waals surface area contributed by atoms with Gasteiger partial charge in [-0.05, 0) is 12.8 Å². The Bertz CT molecular complexity index is 213. The van der Waals surface area contributed by atoms with Crippen molar-refractivity contribution in [3.8, 4) is 12.1 Å². The second-order valence-electron chi connectivity index (χ2n) is 2.33. The molecule has 0 unspecified atom stereocenters. The zero-order valence-electron chi connectivity index (χ0n) is 5.06. The quantitative estimate of drug-likeness (QED) is 0.526. The molecule has 0 saturated heterocycles. The Kier molecular flexibility index (Phi) is 1.55. The van der Waals surface area contributed by atoms with Crippen molar-refractivity contribution in [1.82, 2.24) is 0 Å². The Morgan fingerprint density at radius 3 is 1.40 bits per heavy atom.